The lowest BCUT2D eigenvalue weighted by Crippen LogP contribution is -2.25. The number of fused-ring (bicyclic) bond motifs is 1. The third kappa shape index (κ3) is 2.24. The average Bonchev–Trinajstić information content (AvgIpc) is 2.84. The maximum absolute atomic E-state index is 5.70. The third-order valence-corrected chi connectivity index (χ3v) is 3.53. The van der Waals surface area contributed by atoms with Crippen molar-refractivity contribution in [1.82, 2.24) is 0 Å². The van der Waals surface area contributed by atoms with Crippen LogP contribution in [-0.2, 0) is 0 Å². The third-order valence-electron chi connectivity index (χ3n) is 2.57. The van der Waals surface area contributed by atoms with Crippen molar-refractivity contribution in [2.75, 3.05) is 0 Å². The highest BCUT2D eigenvalue weighted by Crippen LogP contribution is 2.37. The molecule has 1 heterocycles. The van der Waals surface area contributed by atoms with Crippen molar-refractivity contribution >= 4 is 18.9 Å². The highest BCUT2D eigenvalue weighted by Gasteiger charge is 2.35. The van der Waals surface area contributed by atoms with Gasteiger partial charge in [0.25, 0.3) is 0 Å². The van der Waals surface area contributed by atoms with E-state index in [2.05, 4.69) is 6.58 Å². The predicted octanol–water partition coefficient (Wildman–Crippen LogP) is 3.79. The number of para-hydroxylation sites is 2. The summed E-state index contributed by atoms with van der Waals surface area (Å²) in [6.07, 6.45) is 0. The van der Waals surface area contributed by atoms with Crippen LogP contribution in [0.2, 0.25) is 0 Å². The molecule has 2 aromatic carbocycles. The van der Waals surface area contributed by atoms with Crippen molar-refractivity contribution in [2.45, 2.75) is 4.90 Å². The Morgan fingerprint density at radius 3 is 2.06 bits per heavy atom. The number of hydrogen-bond acceptors (Lipinski definition) is 3. The largest absolute Gasteiger partial charge is 0.639 e. The topological polar surface area (TPSA) is 18.5 Å². The first kappa shape index (κ1) is 11.3. The van der Waals surface area contributed by atoms with E-state index in [4.69, 9.17) is 9.31 Å². The first-order valence-electron chi connectivity index (χ1n) is 5.67. The second-order valence-electron chi connectivity index (χ2n) is 3.90. The van der Waals surface area contributed by atoms with Crippen LogP contribution < -0.4 is 9.31 Å². The summed E-state index contributed by atoms with van der Waals surface area (Å²) in [5.41, 5.74) is 0. The van der Waals surface area contributed by atoms with E-state index < -0.39 is 7.12 Å². The maximum Gasteiger partial charge on any atom is 0.639 e. The van der Waals surface area contributed by atoms with E-state index >= 15 is 0 Å². The molecule has 0 spiro atoms. The van der Waals surface area contributed by atoms with Gasteiger partial charge in [-0.15, -0.1) is 0 Å². The van der Waals surface area contributed by atoms with E-state index in [0.29, 0.717) is 0 Å². The Morgan fingerprint density at radius 2 is 1.44 bits per heavy atom. The average molecular weight is 254 g/mol. The lowest BCUT2D eigenvalue weighted by atomic mass is 9.91. The molecule has 0 aliphatic carbocycles. The number of thioether (sulfide) groups is 1. The summed E-state index contributed by atoms with van der Waals surface area (Å²) in [5, 5.41) is 0. The van der Waals surface area contributed by atoms with E-state index in [1.807, 2.05) is 54.6 Å². The molecule has 0 fully saturated rings. The molecule has 1 aliphatic rings. The van der Waals surface area contributed by atoms with E-state index in [0.717, 1.165) is 21.2 Å². The molecule has 0 N–H and O–H groups in total. The molecule has 0 saturated carbocycles. The maximum atomic E-state index is 5.70. The van der Waals surface area contributed by atoms with Gasteiger partial charge in [0.15, 0.2) is 0 Å². The van der Waals surface area contributed by atoms with Crippen molar-refractivity contribution < 1.29 is 9.31 Å². The van der Waals surface area contributed by atoms with Gasteiger partial charge in [-0.2, -0.15) is 0 Å². The summed E-state index contributed by atoms with van der Waals surface area (Å²) >= 11 is 1.57. The van der Waals surface area contributed by atoms with Crippen LogP contribution in [0.25, 0.3) is 0 Å². The second kappa shape index (κ2) is 4.82. The summed E-state index contributed by atoms with van der Waals surface area (Å²) in [5.74, 6) is 1.55. The van der Waals surface area contributed by atoms with Crippen LogP contribution in [0.15, 0.2) is 70.9 Å². The molecule has 0 unspecified atom stereocenters. The van der Waals surface area contributed by atoms with Crippen LogP contribution in [0.4, 0.5) is 0 Å². The zero-order chi connectivity index (χ0) is 12.4. The van der Waals surface area contributed by atoms with Crippen molar-refractivity contribution in [1.29, 1.82) is 0 Å². The minimum atomic E-state index is -0.410. The van der Waals surface area contributed by atoms with Crippen LogP contribution in [0, 0.1) is 0 Å². The van der Waals surface area contributed by atoms with E-state index in [9.17, 15) is 0 Å². The molecular weight excluding hydrogens is 243 g/mol. The van der Waals surface area contributed by atoms with Crippen LogP contribution in [0.1, 0.15) is 0 Å². The monoisotopic (exact) mass is 254 g/mol. The minimum Gasteiger partial charge on any atom is -0.519 e. The second-order valence-corrected chi connectivity index (χ2v) is 5.10. The zero-order valence-corrected chi connectivity index (χ0v) is 10.5. The van der Waals surface area contributed by atoms with Gasteiger partial charge in [-0.3, -0.25) is 0 Å². The van der Waals surface area contributed by atoms with Crippen LogP contribution >= 0.6 is 11.8 Å². The van der Waals surface area contributed by atoms with Gasteiger partial charge >= 0.3 is 7.12 Å². The molecule has 4 heteroatoms. The standard InChI is InChI=1S/C14H11BO2S/c1-11(18-12-7-3-2-4-8-12)15-16-13-9-5-6-10-14(13)17-15/h2-10H,1H2. The zero-order valence-electron chi connectivity index (χ0n) is 9.71. The first-order valence-corrected chi connectivity index (χ1v) is 6.48. The van der Waals surface area contributed by atoms with Crippen LogP contribution in [0.5, 0.6) is 11.5 Å². The Balaban J connectivity index is 1.70. The van der Waals surface area contributed by atoms with Gasteiger partial charge < -0.3 is 9.31 Å². The van der Waals surface area contributed by atoms with Crippen molar-refractivity contribution in [3.63, 3.8) is 0 Å². The summed E-state index contributed by atoms with van der Waals surface area (Å²) in [7, 11) is -0.410. The molecule has 1 aliphatic heterocycles. The van der Waals surface area contributed by atoms with Gasteiger partial charge in [-0.25, -0.2) is 0 Å². The fourth-order valence-electron chi connectivity index (χ4n) is 1.72. The fourth-order valence-corrected chi connectivity index (χ4v) is 2.51. The summed E-state index contributed by atoms with van der Waals surface area (Å²) in [6.45, 7) is 4.03. The highest BCUT2D eigenvalue weighted by atomic mass is 32.2. The Hall–Kier alpha value is -1.81. The van der Waals surface area contributed by atoms with E-state index in [1.165, 1.54) is 0 Å². The summed E-state index contributed by atoms with van der Waals surface area (Å²) < 4.78 is 11.4. The quantitative estimate of drug-likeness (QED) is 0.613. The first-order chi connectivity index (χ1) is 8.83. The van der Waals surface area contributed by atoms with Gasteiger partial charge in [-0.05, 0) is 24.3 Å². The Bertz CT molecular complexity index is 546. The molecule has 2 nitrogen and oxygen atoms in total. The SMILES string of the molecule is C=C(Sc1ccccc1)B1Oc2ccccc2O1. The molecule has 88 valence electrons. The number of rotatable bonds is 3. The van der Waals surface area contributed by atoms with Gasteiger partial charge in [0.1, 0.15) is 11.5 Å². The van der Waals surface area contributed by atoms with Crippen molar-refractivity contribution in [3.05, 3.63) is 66.0 Å². The van der Waals surface area contributed by atoms with Gasteiger partial charge in [-0.1, -0.05) is 48.7 Å². The molecule has 0 saturated heterocycles. The molecule has 0 radical (unpaired) electrons. The molecule has 0 bridgehead atoms. The Labute approximate surface area is 111 Å². The molecule has 0 amide bonds. The molecule has 0 aromatic heterocycles. The Kier molecular flexibility index (Phi) is 3.03. The fraction of sp³-hybridized carbons (Fsp3) is 0. The number of hydrogen-bond donors (Lipinski definition) is 0. The summed E-state index contributed by atoms with van der Waals surface area (Å²) in [6, 6.07) is 17.7. The van der Waals surface area contributed by atoms with Gasteiger partial charge in [0.05, 0.1) is 0 Å². The molecule has 18 heavy (non-hydrogen) atoms. The van der Waals surface area contributed by atoms with E-state index in [-0.39, 0.29) is 0 Å². The number of benzene rings is 2. The molecule has 0 atom stereocenters. The Morgan fingerprint density at radius 1 is 0.889 bits per heavy atom. The molecule has 3 rings (SSSR count). The van der Waals surface area contributed by atoms with Crippen LogP contribution in [-0.4, -0.2) is 7.12 Å². The van der Waals surface area contributed by atoms with Crippen molar-refractivity contribution in [3.8, 4) is 11.5 Å². The molecule has 2 aromatic rings. The predicted molar refractivity (Wildman–Crippen MR) is 74.9 cm³/mol. The summed E-state index contributed by atoms with van der Waals surface area (Å²) in [4.78, 5) is 1.98. The lowest BCUT2D eigenvalue weighted by molar-refractivity contribution is 0.516. The molecular formula is C14H11BO2S. The lowest BCUT2D eigenvalue weighted by Gasteiger charge is -2.07. The van der Waals surface area contributed by atoms with Gasteiger partial charge in [0, 0.05) is 9.70 Å². The minimum absolute atomic E-state index is 0.410. The van der Waals surface area contributed by atoms with Crippen molar-refractivity contribution in [2.24, 2.45) is 0 Å². The smallest absolute Gasteiger partial charge is 0.519 e. The van der Waals surface area contributed by atoms with Crippen LogP contribution in [0.3, 0.4) is 0 Å². The van der Waals surface area contributed by atoms with E-state index in [1.54, 1.807) is 11.8 Å². The normalized spacial score (nSPS) is 12.6. The highest BCUT2D eigenvalue weighted by molar-refractivity contribution is 8.04. The van der Waals surface area contributed by atoms with Gasteiger partial charge in [0.2, 0.25) is 0 Å².